The molecule has 2 aliphatic rings. The molecular weight excluding hydrogens is 1020 g/mol. The van der Waals surface area contributed by atoms with E-state index >= 15 is 0 Å². The van der Waals surface area contributed by atoms with Gasteiger partial charge in [-0.25, -0.2) is 0 Å². The van der Waals surface area contributed by atoms with Gasteiger partial charge in [0.2, 0.25) is 11.8 Å². The Hall–Kier alpha value is -5.92. The molecule has 0 fully saturated rings. The molecule has 12 nitrogen and oxygen atoms in total. The Morgan fingerprint density at radius 3 is 1.37 bits per heavy atom. The maximum absolute atomic E-state index is 13.8. The summed E-state index contributed by atoms with van der Waals surface area (Å²) in [6.45, 7) is 30.2. The second-order valence-electron chi connectivity index (χ2n) is 25.3. The fourth-order valence-electron chi connectivity index (χ4n) is 11.0. The molecule has 0 heterocycles. The molecule has 4 amide bonds. The van der Waals surface area contributed by atoms with Gasteiger partial charge < -0.3 is 40.2 Å². The van der Waals surface area contributed by atoms with Crippen LogP contribution in [0.3, 0.4) is 0 Å². The first-order valence-corrected chi connectivity index (χ1v) is 30.4. The summed E-state index contributed by atoms with van der Waals surface area (Å²) >= 11 is 0. The maximum atomic E-state index is 13.8. The molecule has 1 atom stereocenters. The Morgan fingerprint density at radius 2 is 0.878 bits per heavy atom. The molecule has 2 aliphatic carbocycles. The normalized spacial score (nSPS) is 16.3. The second-order valence-corrected chi connectivity index (χ2v) is 25.3. The number of unbranched alkanes of at least 4 members (excludes halogenated alkanes) is 1. The van der Waals surface area contributed by atoms with Crippen LogP contribution in [0.2, 0.25) is 0 Å². The van der Waals surface area contributed by atoms with Crippen molar-refractivity contribution in [1.29, 1.82) is 0 Å². The predicted molar refractivity (Wildman–Crippen MR) is 334 cm³/mol. The van der Waals surface area contributed by atoms with Crippen LogP contribution in [0.15, 0.2) is 84.9 Å². The van der Waals surface area contributed by atoms with Crippen LogP contribution >= 0.6 is 0 Å². The zero-order chi connectivity index (χ0) is 59.3. The average molecular weight is 1120 g/mol. The lowest BCUT2D eigenvalue weighted by Gasteiger charge is -2.42. The minimum Gasteiger partial charge on any atom is -0.381 e. The van der Waals surface area contributed by atoms with Gasteiger partial charge >= 0.3 is 0 Å². The van der Waals surface area contributed by atoms with Gasteiger partial charge in [0.1, 0.15) is 6.04 Å². The predicted octanol–water partition coefficient (Wildman–Crippen LogP) is 13.1. The summed E-state index contributed by atoms with van der Waals surface area (Å²) in [5.41, 5.74) is 14.1. The molecule has 0 unspecified atom stereocenters. The van der Waals surface area contributed by atoms with Gasteiger partial charge in [-0.15, -0.1) is 0 Å². The number of ether oxygens (including phenoxy) is 4. The third-order valence-electron chi connectivity index (χ3n) is 16.7. The summed E-state index contributed by atoms with van der Waals surface area (Å²) in [7, 11) is 0. The van der Waals surface area contributed by atoms with Crippen molar-refractivity contribution >= 4 is 46.9 Å². The highest BCUT2D eigenvalue weighted by atomic mass is 16.5. The molecule has 0 bridgehead atoms. The monoisotopic (exact) mass is 1120 g/mol. The van der Waals surface area contributed by atoms with Gasteiger partial charge in [-0.05, 0) is 180 Å². The number of nitrogens with one attached hydrogen (secondary N) is 4. The minimum absolute atomic E-state index is 0.0142. The van der Waals surface area contributed by atoms with Crippen LogP contribution in [0.25, 0.3) is 23.3 Å². The highest BCUT2D eigenvalue weighted by Gasteiger charge is 2.38. The third kappa shape index (κ3) is 19.6. The van der Waals surface area contributed by atoms with Crippen LogP contribution in [0.4, 0.5) is 0 Å². The SMILES string of the molecule is CCCOCCC(=O)NCCCOCCOCCOCCCNC(=O)[C@@H](CCCCNC(=O)c1ccc(/C=C(\C)c2ccc3c(c2)C(C)(C)CCC3(C)C)cc1)NC(=O)c1ccc(/C=C(\C)c2ccc3c(c2)C(C)(C)CCC3(C)C)cc1. The van der Waals surface area contributed by atoms with Crippen molar-refractivity contribution in [1.82, 2.24) is 21.3 Å². The first kappa shape index (κ1) is 65.2. The topological polar surface area (TPSA) is 153 Å². The Bertz CT molecular complexity index is 2790. The molecule has 4 aromatic carbocycles. The third-order valence-corrected chi connectivity index (χ3v) is 16.7. The molecule has 12 heteroatoms. The Kier molecular flexibility index (Phi) is 24.8. The quantitative estimate of drug-likeness (QED) is 0.0279. The van der Waals surface area contributed by atoms with Crippen molar-refractivity contribution in [2.45, 2.75) is 174 Å². The lowest BCUT2D eigenvalue weighted by atomic mass is 9.63. The number of rotatable bonds is 32. The van der Waals surface area contributed by atoms with E-state index in [1.165, 1.54) is 58.2 Å². The number of amides is 4. The molecule has 6 rings (SSSR count). The van der Waals surface area contributed by atoms with E-state index in [0.717, 1.165) is 36.0 Å². The molecule has 446 valence electrons. The summed E-state index contributed by atoms with van der Waals surface area (Å²) in [5.74, 6) is -0.766. The number of carbonyl (C=O) groups is 4. The van der Waals surface area contributed by atoms with Crippen molar-refractivity contribution in [3.63, 3.8) is 0 Å². The zero-order valence-electron chi connectivity index (χ0n) is 51.6. The molecule has 0 aliphatic heterocycles. The van der Waals surface area contributed by atoms with Gasteiger partial charge in [-0.1, -0.05) is 135 Å². The number of hydrogen-bond acceptors (Lipinski definition) is 8. The van der Waals surface area contributed by atoms with Crippen molar-refractivity contribution in [3.8, 4) is 0 Å². The van der Waals surface area contributed by atoms with Crippen LogP contribution in [0.5, 0.6) is 0 Å². The Balaban J connectivity index is 0.961. The number of hydrogen-bond donors (Lipinski definition) is 4. The van der Waals surface area contributed by atoms with Gasteiger partial charge in [-0.2, -0.15) is 0 Å². The first-order valence-electron chi connectivity index (χ1n) is 30.4. The van der Waals surface area contributed by atoms with Gasteiger partial charge in [0.05, 0.1) is 33.0 Å². The van der Waals surface area contributed by atoms with Crippen LogP contribution in [-0.2, 0) is 50.2 Å². The van der Waals surface area contributed by atoms with E-state index in [9.17, 15) is 19.2 Å². The smallest absolute Gasteiger partial charge is 0.251 e. The van der Waals surface area contributed by atoms with Gasteiger partial charge in [0.15, 0.2) is 0 Å². The van der Waals surface area contributed by atoms with Gasteiger partial charge in [0.25, 0.3) is 11.8 Å². The van der Waals surface area contributed by atoms with E-state index in [2.05, 4.69) is 139 Å². The zero-order valence-corrected chi connectivity index (χ0v) is 51.6. The molecule has 82 heavy (non-hydrogen) atoms. The van der Waals surface area contributed by atoms with Gasteiger partial charge in [0, 0.05) is 57.0 Å². The second kappa shape index (κ2) is 31.1. The highest BCUT2D eigenvalue weighted by molar-refractivity contribution is 5.98. The average Bonchev–Trinajstić information content (AvgIpc) is 2.41. The molecule has 4 N–H and O–H groups in total. The van der Waals surface area contributed by atoms with Crippen molar-refractivity contribution in [2.24, 2.45) is 0 Å². The molecular formula is C70H98N4O8. The van der Waals surface area contributed by atoms with Gasteiger partial charge in [-0.3, -0.25) is 19.2 Å². The number of fused-ring (bicyclic) bond motifs is 2. The van der Waals surface area contributed by atoms with E-state index < -0.39 is 6.04 Å². The molecule has 0 saturated heterocycles. The van der Waals surface area contributed by atoms with E-state index in [0.29, 0.717) is 116 Å². The van der Waals surface area contributed by atoms with E-state index in [1.54, 1.807) is 0 Å². The summed E-state index contributed by atoms with van der Waals surface area (Å²) in [6, 6.07) is 28.3. The Morgan fingerprint density at radius 1 is 0.463 bits per heavy atom. The lowest BCUT2D eigenvalue weighted by Crippen LogP contribution is -2.47. The van der Waals surface area contributed by atoms with Crippen LogP contribution in [0.1, 0.15) is 212 Å². The summed E-state index contributed by atoms with van der Waals surface area (Å²) < 4.78 is 22.3. The number of allylic oxidation sites excluding steroid dienone is 2. The summed E-state index contributed by atoms with van der Waals surface area (Å²) in [5, 5.41) is 11.9. The van der Waals surface area contributed by atoms with Crippen LogP contribution in [0, 0.1) is 0 Å². The standard InChI is InChI=1S/C70H98N4O8/c1-12-38-79-41-30-63(75)71-36-15-39-80-42-44-82-45-43-81-40-16-37-73-66(78)62(74-65(77)55-24-20-53(21-25-55)47-51(3)57-27-29-59-61(49-57)70(10,11)34-32-68(59,6)7)17-13-14-35-72-64(76)54-22-18-52(19-23-54)46-50(2)56-26-28-58-60(48-56)69(8,9)33-31-67(58,4)5/h18-29,46-49,62H,12-17,30-45H2,1-11H3,(H,71,75)(H,72,76)(H,73,78)(H,74,77)/b50-46+,51-47+/t62-/m1/s1. The summed E-state index contributed by atoms with van der Waals surface area (Å²) in [6.07, 6.45) is 13.2. The van der Waals surface area contributed by atoms with Crippen molar-refractivity contribution in [2.75, 3.05) is 72.5 Å². The largest absolute Gasteiger partial charge is 0.381 e. The molecule has 0 aromatic heterocycles. The highest BCUT2D eigenvalue weighted by Crippen LogP contribution is 2.48. The van der Waals surface area contributed by atoms with Crippen molar-refractivity contribution < 1.29 is 38.1 Å². The van der Waals surface area contributed by atoms with Crippen LogP contribution < -0.4 is 21.3 Å². The number of carbonyl (C=O) groups excluding carboxylic acids is 4. The molecule has 0 saturated carbocycles. The van der Waals surface area contributed by atoms with Crippen molar-refractivity contribution in [3.05, 3.63) is 141 Å². The lowest BCUT2D eigenvalue weighted by molar-refractivity contribution is -0.123. The summed E-state index contributed by atoms with van der Waals surface area (Å²) in [4.78, 5) is 52.6. The van der Waals surface area contributed by atoms with E-state index in [1.807, 2.05) is 55.5 Å². The van der Waals surface area contributed by atoms with E-state index in [4.69, 9.17) is 18.9 Å². The fraction of sp³-hybridized carbons (Fsp3) is 0.543. The molecule has 0 radical (unpaired) electrons. The van der Waals surface area contributed by atoms with E-state index in [-0.39, 0.29) is 45.3 Å². The minimum atomic E-state index is -0.780. The molecule has 0 spiro atoms. The number of benzene rings is 4. The Labute approximate surface area is 491 Å². The maximum Gasteiger partial charge on any atom is 0.251 e. The first-order chi connectivity index (χ1) is 39.1. The fourth-order valence-corrected chi connectivity index (χ4v) is 11.0. The van der Waals surface area contributed by atoms with Crippen LogP contribution in [-0.4, -0.2) is 102 Å². The molecule has 4 aromatic rings.